The van der Waals surface area contributed by atoms with E-state index in [1.54, 1.807) is 30.0 Å². The molecule has 0 radical (unpaired) electrons. The molecule has 1 amide bonds. The molecule has 2 atom stereocenters. The fourth-order valence-electron chi connectivity index (χ4n) is 5.69. The van der Waals surface area contributed by atoms with Gasteiger partial charge in [0.05, 0.1) is 25.8 Å². The van der Waals surface area contributed by atoms with Gasteiger partial charge in [-0.1, -0.05) is 23.7 Å². The summed E-state index contributed by atoms with van der Waals surface area (Å²) in [5.41, 5.74) is 0.835. The Balaban J connectivity index is 1.59. The third kappa shape index (κ3) is 6.28. The highest BCUT2D eigenvalue weighted by molar-refractivity contribution is 6.30. The number of aliphatic carboxylic acids is 1. The Morgan fingerprint density at radius 2 is 1.86 bits per heavy atom. The number of benzene rings is 2. The van der Waals surface area contributed by atoms with E-state index in [0.29, 0.717) is 49.6 Å². The monoisotopic (exact) mass is 622 g/mol. The van der Waals surface area contributed by atoms with Gasteiger partial charge in [-0.05, 0) is 49.9 Å². The van der Waals surface area contributed by atoms with Gasteiger partial charge in [-0.2, -0.15) is 13.2 Å². The second-order valence-corrected chi connectivity index (χ2v) is 10.8. The van der Waals surface area contributed by atoms with Crippen LogP contribution in [0.1, 0.15) is 67.6 Å². The van der Waals surface area contributed by atoms with Crippen molar-refractivity contribution in [2.75, 3.05) is 26.8 Å². The summed E-state index contributed by atoms with van der Waals surface area (Å²) in [5.74, 6) is -2.04. The molecule has 1 saturated heterocycles. The van der Waals surface area contributed by atoms with Crippen molar-refractivity contribution in [1.29, 1.82) is 0 Å². The molecule has 2 aliphatic rings. The predicted molar refractivity (Wildman–Crippen MR) is 147 cm³/mol. The fourth-order valence-corrected chi connectivity index (χ4v) is 5.87. The predicted octanol–water partition coefficient (Wildman–Crippen LogP) is 5.61. The number of carbonyl (C=O) groups is 2. The number of piperidine rings is 1. The quantitative estimate of drug-likeness (QED) is 0.345. The van der Waals surface area contributed by atoms with Gasteiger partial charge in [0.25, 0.3) is 0 Å². The summed E-state index contributed by atoms with van der Waals surface area (Å²) in [7, 11) is 1.45. The average molecular weight is 623 g/mol. The van der Waals surface area contributed by atoms with Crippen molar-refractivity contribution in [3.05, 3.63) is 64.2 Å². The van der Waals surface area contributed by atoms with Crippen molar-refractivity contribution in [2.45, 2.75) is 51.0 Å². The van der Waals surface area contributed by atoms with Gasteiger partial charge in [-0.25, -0.2) is 0 Å². The van der Waals surface area contributed by atoms with E-state index in [4.69, 9.17) is 30.9 Å². The lowest BCUT2D eigenvalue weighted by Gasteiger charge is -2.32. The Labute approximate surface area is 250 Å². The second kappa shape index (κ2) is 12.4. The summed E-state index contributed by atoms with van der Waals surface area (Å²) < 4.78 is 61.6. The summed E-state index contributed by atoms with van der Waals surface area (Å²) in [6.07, 6.45) is -6.45. The van der Waals surface area contributed by atoms with Crippen LogP contribution in [0.4, 0.5) is 13.2 Å². The molecule has 0 unspecified atom stereocenters. The zero-order valence-corrected chi connectivity index (χ0v) is 24.2. The van der Waals surface area contributed by atoms with E-state index in [-0.39, 0.29) is 46.8 Å². The lowest BCUT2D eigenvalue weighted by atomic mass is 9.93. The Bertz CT molecular complexity index is 1510. The number of para-hydroxylation sites is 1. The number of carbonyl (C=O) groups excluding carboxylic acids is 1. The van der Waals surface area contributed by atoms with Gasteiger partial charge in [0, 0.05) is 35.7 Å². The fraction of sp³-hybridized carbons (Fsp3) is 0.448. The second-order valence-electron chi connectivity index (χ2n) is 10.4. The maximum absolute atomic E-state index is 14.3. The number of likely N-dealkylation sites (tertiary alicyclic amines) is 1. The first-order valence-corrected chi connectivity index (χ1v) is 14.2. The highest BCUT2D eigenvalue weighted by Gasteiger charge is 2.44. The first-order chi connectivity index (χ1) is 20.5. The Morgan fingerprint density at radius 3 is 2.51 bits per heavy atom. The molecule has 0 saturated carbocycles. The highest BCUT2D eigenvalue weighted by atomic mass is 35.5. The number of carboxylic acid groups (broad SMARTS) is 1. The van der Waals surface area contributed by atoms with Crippen LogP contribution < -0.4 is 9.47 Å². The van der Waals surface area contributed by atoms with Gasteiger partial charge in [-0.3, -0.25) is 14.2 Å². The van der Waals surface area contributed by atoms with Crippen LogP contribution in [0, 0.1) is 5.92 Å². The van der Waals surface area contributed by atoms with Gasteiger partial charge >= 0.3 is 12.1 Å². The standard InChI is InChI=1S/C29H30ClF3N4O6/c1-3-42-21-6-4-5-18(26(21)41-2)25-19-14-17(30)7-8-20(19)37-27(34-35-28(37)29(31,32)33)22(43-25)15-23(38)36-11-9-16(10-12-36)13-24(39)40/h4-8,14,16,22,25H,3,9-13,15H2,1-2H3,(H,39,40)/t22-,25-/m1/s1. The van der Waals surface area contributed by atoms with Crippen molar-refractivity contribution in [3.8, 4) is 17.2 Å². The van der Waals surface area contributed by atoms with Crippen LogP contribution >= 0.6 is 11.6 Å². The zero-order chi connectivity index (χ0) is 30.9. The zero-order valence-electron chi connectivity index (χ0n) is 23.4. The Kier molecular flexibility index (Phi) is 8.84. The molecule has 1 fully saturated rings. The van der Waals surface area contributed by atoms with Crippen LogP contribution in [0.15, 0.2) is 36.4 Å². The largest absolute Gasteiger partial charge is 0.492 e. The number of hydrogen-bond acceptors (Lipinski definition) is 7. The topological polar surface area (TPSA) is 116 Å². The number of aromatic nitrogens is 3. The molecule has 2 aromatic carbocycles. The van der Waals surface area contributed by atoms with Crippen LogP contribution in [-0.2, 0) is 20.5 Å². The van der Waals surface area contributed by atoms with Crippen molar-refractivity contribution in [2.24, 2.45) is 5.92 Å². The van der Waals surface area contributed by atoms with E-state index in [1.807, 2.05) is 0 Å². The van der Waals surface area contributed by atoms with Crippen LogP contribution in [-0.4, -0.2) is 63.5 Å². The molecular formula is C29H30ClF3N4O6. The first kappa shape index (κ1) is 30.6. The van der Waals surface area contributed by atoms with Gasteiger partial charge in [-0.15, -0.1) is 10.2 Å². The molecule has 14 heteroatoms. The summed E-state index contributed by atoms with van der Waals surface area (Å²) in [6, 6.07) is 9.53. The Morgan fingerprint density at radius 1 is 1.12 bits per heavy atom. The molecular weight excluding hydrogens is 593 g/mol. The van der Waals surface area contributed by atoms with Crippen molar-refractivity contribution in [3.63, 3.8) is 0 Å². The lowest BCUT2D eigenvalue weighted by Crippen LogP contribution is -2.39. The molecule has 0 bridgehead atoms. The summed E-state index contributed by atoms with van der Waals surface area (Å²) >= 11 is 6.36. The first-order valence-electron chi connectivity index (χ1n) is 13.8. The molecule has 1 N–H and O–H groups in total. The molecule has 1 aromatic heterocycles. The maximum Gasteiger partial charge on any atom is 0.452 e. The number of carboxylic acids is 1. The third-order valence-electron chi connectivity index (χ3n) is 7.63. The molecule has 0 spiro atoms. The van der Waals surface area contributed by atoms with E-state index in [0.717, 1.165) is 4.57 Å². The van der Waals surface area contributed by atoms with Crippen LogP contribution in [0.25, 0.3) is 5.69 Å². The number of alkyl halides is 3. The molecule has 3 heterocycles. The summed E-state index contributed by atoms with van der Waals surface area (Å²) in [4.78, 5) is 26.2. The minimum atomic E-state index is -4.87. The minimum Gasteiger partial charge on any atom is -0.492 e. The number of amides is 1. The van der Waals surface area contributed by atoms with E-state index in [9.17, 15) is 22.8 Å². The maximum atomic E-state index is 14.3. The average Bonchev–Trinajstić information content (AvgIpc) is 3.36. The third-order valence-corrected chi connectivity index (χ3v) is 7.86. The van der Waals surface area contributed by atoms with Gasteiger partial charge < -0.3 is 24.2 Å². The SMILES string of the molecule is CCOc1cccc([C@H]2O[C@H](CC(=O)N3CCC(CC(=O)O)CC3)c3nnc(C(F)(F)F)n3-c3ccc(Cl)cc32)c1OC. The minimum absolute atomic E-state index is 0.0161. The van der Waals surface area contributed by atoms with E-state index in [2.05, 4.69) is 10.2 Å². The number of rotatable bonds is 8. The van der Waals surface area contributed by atoms with Gasteiger partial charge in [0.1, 0.15) is 12.2 Å². The molecule has 0 aliphatic carbocycles. The molecule has 2 aliphatic heterocycles. The lowest BCUT2D eigenvalue weighted by molar-refractivity contribution is -0.146. The number of nitrogens with zero attached hydrogens (tertiary/aromatic N) is 4. The number of methoxy groups -OCH3 is 1. The van der Waals surface area contributed by atoms with E-state index >= 15 is 0 Å². The number of fused-ring (bicyclic) bond motifs is 3. The van der Waals surface area contributed by atoms with E-state index < -0.39 is 30.2 Å². The van der Waals surface area contributed by atoms with Crippen LogP contribution in [0.2, 0.25) is 5.02 Å². The molecule has 10 nitrogen and oxygen atoms in total. The molecule has 3 aromatic rings. The highest BCUT2D eigenvalue weighted by Crippen LogP contribution is 2.47. The number of ether oxygens (including phenoxy) is 3. The van der Waals surface area contributed by atoms with E-state index in [1.165, 1.54) is 25.3 Å². The number of halogens is 4. The molecule has 230 valence electrons. The Hall–Kier alpha value is -3.84. The van der Waals surface area contributed by atoms with Crippen molar-refractivity contribution in [1.82, 2.24) is 19.7 Å². The normalized spacial score (nSPS) is 18.9. The smallest absolute Gasteiger partial charge is 0.452 e. The van der Waals surface area contributed by atoms with Crippen LogP contribution in [0.5, 0.6) is 11.5 Å². The number of hydrogen-bond donors (Lipinski definition) is 1. The molecule has 5 rings (SSSR count). The molecule has 43 heavy (non-hydrogen) atoms. The van der Waals surface area contributed by atoms with Crippen molar-refractivity contribution < 1.29 is 42.1 Å². The van der Waals surface area contributed by atoms with Crippen LogP contribution in [0.3, 0.4) is 0 Å². The summed E-state index contributed by atoms with van der Waals surface area (Å²) in [6.45, 7) is 2.80. The summed E-state index contributed by atoms with van der Waals surface area (Å²) in [5, 5.41) is 16.7. The van der Waals surface area contributed by atoms with Crippen molar-refractivity contribution >= 4 is 23.5 Å². The van der Waals surface area contributed by atoms with Gasteiger partial charge in [0.15, 0.2) is 17.3 Å². The van der Waals surface area contributed by atoms with Gasteiger partial charge in [0.2, 0.25) is 11.7 Å².